The highest BCUT2D eigenvalue weighted by molar-refractivity contribution is 5.97. The Kier molecular flexibility index (Phi) is 5.95. The van der Waals surface area contributed by atoms with Crippen LogP contribution < -0.4 is 5.32 Å². The van der Waals surface area contributed by atoms with Gasteiger partial charge < -0.3 is 15.0 Å². The molecule has 0 bridgehead atoms. The van der Waals surface area contributed by atoms with Crippen LogP contribution in [-0.2, 0) is 9.53 Å². The molecule has 1 fully saturated rings. The molecule has 2 rings (SSSR count). The minimum absolute atomic E-state index is 0.0317. The summed E-state index contributed by atoms with van der Waals surface area (Å²) in [5.74, 6) is -1.01. The molecule has 136 valence electrons. The summed E-state index contributed by atoms with van der Waals surface area (Å²) in [7, 11) is 1.60. The molecule has 1 aliphatic rings. The Labute approximate surface area is 146 Å². The molecule has 0 unspecified atom stereocenters. The van der Waals surface area contributed by atoms with Crippen LogP contribution in [-0.4, -0.2) is 47.4 Å². The number of amides is 1. The zero-order chi connectivity index (χ0) is 18.6. The SMILES string of the molecule is CNc1ccc([N+](=O)[O-])cc1C(=O)OCC(=O)N1[C@H](C)CCC[C@H]1C. The smallest absolute Gasteiger partial charge is 0.341 e. The third-order valence-electron chi connectivity index (χ3n) is 4.51. The molecule has 0 radical (unpaired) electrons. The fourth-order valence-electron chi connectivity index (χ4n) is 3.23. The van der Waals surface area contributed by atoms with Gasteiger partial charge in [-0.15, -0.1) is 0 Å². The first-order valence-corrected chi connectivity index (χ1v) is 8.29. The van der Waals surface area contributed by atoms with E-state index in [1.807, 2.05) is 13.8 Å². The number of benzene rings is 1. The average Bonchev–Trinajstić information content (AvgIpc) is 2.58. The molecule has 1 N–H and O–H groups in total. The van der Waals surface area contributed by atoms with Crippen molar-refractivity contribution in [1.29, 1.82) is 0 Å². The zero-order valence-corrected chi connectivity index (χ0v) is 14.7. The lowest BCUT2D eigenvalue weighted by atomic mass is 9.97. The van der Waals surface area contributed by atoms with Crippen molar-refractivity contribution < 1.29 is 19.2 Å². The molecular weight excluding hydrogens is 326 g/mol. The van der Waals surface area contributed by atoms with Crippen LogP contribution in [0.4, 0.5) is 11.4 Å². The molecule has 1 aliphatic heterocycles. The summed E-state index contributed by atoms with van der Waals surface area (Å²) < 4.78 is 5.12. The first kappa shape index (κ1) is 18.7. The Morgan fingerprint density at radius 2 is 1.96 bits per heavy atom. The standard InChI is InChI=1S/C17H23N3O5/c1-11-5-4-6-12(2)19(11)16(21)10-25-17(22)14-9-13(20(23)24)7-8-15(14)18-3/h7-9,11-12,18H,4-6,10H2,1-3H3/t11-,12-/m1/s1. The number of rotatable bonds is 5. The predicted octanol–water partition coefficient (Wildman–Crippen LogP) is 2.58. The van der Waals surface area contributed by atoms with E-state index in [2.05, 4.69) is 5.32 Å². The van der Waals surface area contributed by atoms with Gasteiger partial charge in [0, 0.05) is 37.0 Å². The van der Waals surface area contributed by atoms with Crippen molar-refractivity contribution in [2.45, 2.75) is 45.2 Å². The van der Waals surface area contributed by atoms with Gasteiger partial charge in [0.25, 0.3) is 11.6 Å². The normalized spacial score (nSPS) is 20.0. The molecule has 1 aromatic carbocycles. The number of anilines is 1. The summed E-state index contributed by atoms with van der Waals surface area (Å²) in [6.45, 7) is 3.59. The minimum Gasteiger partial charge on any atom is -0.452 e. The highest BCUT2D eigenvalue weighted by Gasteiger charge is 2.29. The summed E-state index contributed by atoms with van der Waals surface area (Å²) in [5, 5.41) is 13.7. The van der Waals surface area contributed by atoms with Crippen molar-refractivity contribution >= 4 is 23.3 Å². The van der Waals surface area contributed by atoms with Gasteiger partial charge in [0.15, 0.2) is 6.61 Å². The number of nitro groups is 1. The van der Waals surface area contributed by atoms with Gasteiger partial charge in [0.2, 0.25) is 0 Å². The van der Waals surface area contributed by atoms with Gasteiger partial charge in [-0.1, -0.05) is 0 Å². The third kappa shape index (κ3) is 4.26. The molecule has 0 aliphatic carbocycles. The van der Waals surface area contributed by atoms with Gasteiger partial charge in [-0.3, -0.25) is 14.9 Å². The summed E-state index contributed by atoms with van der Waals surface area (Å²) in [4.78, 5) is 36.8. The number of ether oxygens (including phenoxy) is 1. The van der Waals surface area contributed by atoms with Crippen LogP contribution in [0.25, 0.3) is 0 Å². The lowest BCUT2D eigenvalue weighted by Crippen LogP contribution is -2.49. The number of esters is 1. The maximum absolute atomic E-state index is 12.4. The van der Waals surface area contributed by atoms with Crippen LogP contribution in [0.2, 0.25) is 0 Å². The molecule has 0 spiro atoms. The fraction of sp³-hybridized carbons (Fsp3) is 0.529. The number of nitrogens with zero attached hydrogens (tertiary/aromatic N) is 2. The maximum atomic E-state index is 12.4. The first-order valence-electron chi connectivity index (χ1n) is 8.29. The van der Waals surface area contributed by atoms with Gasteiger partial charge in [0.1, 0.15) is 0 Å². The summed E-state index contributed by atoms with van der Waals surface area (Å²) in [6.07, 6.45) is 2.93. The Morgan fingerprint density at radius 3 is 2.52 bits per heavy atom. The second-order valence-electron chi connectivity index (χ2n) is 6.24. The van der Waals surface area contributed by atoms with Crippen molar-refractivity contribution in [3.05, 3.63) is 33.9 Å². The number of likely N-dealkylation sites (tertiary alicyclic amines) is 1. The number of nitrogens with one attached hydrogen (secondary N) is 1. The summed E-state index contributed by atoms with van der Waals surface area (Å²) in [6, 6.07) is 4.10. The van der Waals surface area contributed by atoms with Crippen LogP contribution in [0.3, 0.4) is 0 Å². The molecule has 1 aromatic rings. The van der Waals surface area contributed by atoms with Gasteiger partial charge in [-0.2, -0.15) is 0 Å². The topological polar surface area (TPSA) is 102 Å². The molecule has 0 saturated carbocycles. The van der Waals surface area contributed by atoms with E-state index in [4.69, 9.17) is 4.74 Å². The van der Waals surface area contributed by atoms with Gasteiger partial charge in [-0.25, -0.2) is 4.79 Å². The van der Waals surface area contributed by atoms with Crippen molar-refractivity contribution in [2.24, 2.45) is 0 Å². The highest BCUT2D eigenvalue weighted by atomic mass is 16.6. The lowest BCUT2D eigenvalue weighted by molar-refractivity contribution is -0.384. The molecular formula is C17H23N3O5. The maximum Gasteiger partial charge on any atom is 0.341 e. The Hall–Kier alpha value is -2.64. The monoisotopic (exact) mass is 349 g/mol. The number of piperidine rings is 1. The Morgan fingerprint density at radius 1 is 1.32 bits per heavy atom. The Bertz CT molecular complexity index is 666. The second-order valence-corrected chi connectivity index (χ2v) is 6.24. The van der Waals surface area contributed by atoms with Gasteiger partial charge in [0.05, 0.1) is 10.5 Å². The third-order valence-corrected chi connectivity index (χ3v) is 4.51. The van der Waals surface area contributed by atoms with E-state index in [-0.39, 0.29) is 35.8 Å². The van der Waals surface area contributed by atoms with E-state index in [0.717, 1.165) is 25.3 Å². The van der Waals surface area contributed by atoms with Crippen LogP contribution in [0.15, 0.2) is 18.2 Å². The lowest BCUT2D eigenvalue weighted by Gasteiger charge is -2.38. The van der Waals surface area contributed by atoms with Crippen molar-refractivity contribution in [3.8, 4) is 0 Å². The molecule has 0 aromatic heterocycles. The molecule has 1 heterocycles. The molecule has 8 nitrogen and oxygen atoms in total. The fourth-order valence-corrected chi connectivity index (χ4v) is 3.23. The van der Waals surface area contributed by atoms with Crippen molar-refractivity contribution in [1.82, 2.24) is 4.90 Å². The zero-order valence-electron chi connectivity index (χ0n) is 14.7. The number of carbonyl (C=O) groups is 2. The molecule has 25 heavy (non-hydrogen) atoms. The van der Waals surface area contributed by atoms with Crippen molar-refractivity contribution in [3.63, 3.8) is 0 Å². The average molecular weight is 349 g/mol. The first-order chi connectivity index (χ1) is 11.8. The van der Waals surface area contributed by atoms with E-state index in [0.29, 0.717) is 5.69 Å². The predicted molar refractivity (Wildman–Crippen MR) is 92.5 cm³/mol. The van der Waals surface area contributed by atoms with Crippen LogP contribution in [0.1, 0.15) is 43.5 Å². The second kappa shape index (κ2) is 7.96. The Balaban J connectivity index is 2.08. The van der Waals surface area contributed by atoms with Crippen LogP contribution >= 0.6 is 0 Å². The van der Waals surface area contributed by atoms with E-state index in [9.17, 15) is 19.7 Å². The molecule has 2 atom stereocenters. The quantitative estimate of drug-likeness (QED) is 0.498. The van der Waals surface area contributed by atoms with Crippen LogP contribution in [0, 0.1) is 10.1 Å². The molecule has 1 amide bonds. The highest BCUT2D eigenvalue weighted by Crippen LogP contribution is 2.24. The van der Waals surface area contributed by atoms with Gasteiger partial charge in [-0.05, 0) is 39.2 Å². The number of hydrogen-bond donors (Lipinski definition) is 1. The van der Waals surface area contributed by atoms with Crippen molar-refractivity contribution in [2.75, 3.05) is 19.0 Å². The minimum atomic E-state index is -0.765. The number of non-ortho nitro benzene ring substituents is 1. The van der Waals surface area contributed by atoms with E-state index in [1.54, 1.807) is 11.9 Å². The van der Waals surface area contributed by atoms with Gasteiger partial charge >= 0.3 is 5.97 Å². The summed E-state index contributed by atoms with van der Waals surface area (Å²) in [5.41, 5.74) is 0.225. The number of hydrogen-bond acceptors (Lipinski definition) is 6. The number of carbonyl (C=O) groups excluding carboxylic acids is 2. The molecule has 8 heteroatoms. The molecule has 1 saturated heterocycles. The van der Waals surface area contributed by atoms with E-state index >= 15 is 0 Å². The number of nitro benzene ring substituents is 1. The van der Waals surface area contributed by atoms with E-state index < -0.39 is 10.9 Å². The largest absolute Gasteiger partial charge is 0.452 e. The van der Waals surface area contributed by atoms with E-state index in [1.165, 1.54) is 12.1 Å². The van der Waals surface area contributed by atoms with Crippen LogP contribution in [0.5, 0.6) is 0 Å². The summed E-state index contributed by atoms with van der Waals surface area (Å²) >= 11 is 0.